The number of rotatable bonds is 6. The zero-order valence-electron chi connectivity index (χ0n) is 13.0. The maximum absolute atomic E-state index is 12.4. The van der Waals surface area contributed by atoms with Gasteiger partial charge < -0.3 is 15.7 Å². The first-order valence-electron chi connectivity index (χ1n) is 7.16. The Morgan fingerprint density at radius 1 is 1.41 bits per heavy atom. The first-order valence-corrected chi connectivity index (χ1v) is 8.04. The molecule has 0 spiro atoms. The Hall–Kier alpha value is -1.92. The number of aromatic nitrogens is 1. The van der Waals surface area contributed by atoms with Crippen LogP contribution in [0.4, 0.5) is 5.82 Å². The molecule has 3 N–H and O–H groups in total. The molecule has 22 heavy (non-hydrogen) atoms. The lowest BCUT2D eigenvalue weighted by Gasteiger charge is -2.22. The van der Waals surface area contributed by atoms with Crippen molar-refractivity contribution in [3.8, 4) is 0 Å². The molecule has 2 rings (SSSR count). The van der Waals surface area contributed by atoms with E-state index in [9.17, 15) is 9.90 Å². The molecule has 0 aliphatic heterocycles. The van der Waals surface area contributed by atoms with Crippen LogP contribution in [0, 0.1) is 0 Å². The van der Waals surface area contributed by atoms with Gasteiger partial charge in [-0.3, -0.25) is 4.79 Å². The highest BCUT2D eigenvalue weighted by molar-refractivity contribution is 7.10. The number of nitrogens with one attached hydrogen (secondary N) is 2. The zero-order chi connectivity index (χ0) is 16.2. The molecule has 0 bridgehead atoms. The SMILES string of the molecule is CC(C)Nc1ncccc1C(=O)NCC(C)(O)c1cccs1. The van der Waals surface area contributed by atoms with Crippen molar-refractivity contribution in [3.63, 3.8) is 0 Å². The minimum Gasteiger partial charge on any atom is -0.383 e. The Balaban J connectivity index is 2.07. The number of thiophene rings is 1. The highest BCUT2D eigenvalue weighted by Gasteiger charge is 2.25. The third-order valence-electron chi connectivity index (χ3n) is 3.12. The molecule has 1 amide bonds. The van der Waals surface area contributed by atoms with Gasteiger partial charge in [0.15, 0.2) is 0 Å². The molecule has 0 aliphatic rings. The summed E-state index contributed by atoms with van der Waals surface area (Å²) in [5.74, 6) is 0.291. The average molecular weight is 319 g/mol. The summed E-state index contributed by atoms with van der Waals surface area (Å²) in [5, 5.41) is 18.3. The number of hydrogen-bond acceptors (Lipinski definition) is 5. The average Bonchev–Trinajstić information content (AvgIpc) is 3.00. The number of amides is 1. The van der Waals surface area contributed by atoms with Crippen molar-refractivity contribution < 1.29 is 9.90 Å². The standard InChI is InChI=1S/C16H21N3O2S/c1-11(2)19-14-12(6-4-8-17-14)15(20)18-10-16(3,21)13-7-5-9-22-13/h4-9,11,21H,10H2,1-3H3,(H,17,19)(H,18,20). The normalized spacial score (nSPS) is 13.7. The predicted octanol–water partition coefficient (Wildman–Crippen LogP) is 2.60. The minimum atomic E-state index is -1.09. The van der Waals surface area contributed by atoms with Crippen molar-refractivity contribution in [1.29, 1.82) is 0 Å². The van der Waals surface area contributed by atoms with Crippen molar-refractivity contribution in [3.05, 3.63) is 46.3 Å². The lowest BCUT2D eigenvalue weighted by Crippen LogP contribution is -2.38. The van der Waals surface area contributed by atoms with Crippen molar-refractivity contribution >= 4 is 23.1 Å². The van der Waals surface area contributed by atoms with Crippen LogP contribution < -0.4 is 10.6 Å². The molecule has 2 aromatic rings. The molecule has 0 radical (unpaired) electrons. The van der Waals surface area contributed by atoms with Gasteiger partial charge in [-0.15, -0.1) is 11.3 Å². The molecule has 0 aliphatic carbocycles. The summed E-state index contributed by atoms with van der Waals surface area (Å²) in [6, 6.07) is 7.34. The van der Waals surface area contributed by atoms with Crippen LogP contribution in [0.15, 0.2) is 35.8 Å². The molecule has 1 atom stereocenters. The third-order valence-corrected chi connectivity index (χ3v) is 4.25. The summed E-state index contributed by atoms with van der Waals surface area (Å²) in [4.78, 5) is 17.4. The fraction of sp³-hybridized carbons (Fsp3) is 0.375. The predicted molar refractivity (Wildman–Crippen MR) is 89.2 cm³/mol. The highest BCUT2D eigenvalue weighted by Crippen LogP contribution is 2.24. The number of pyridine rings is 1. The zero-order valence-corrected chi connectivity index (χ0v) is 13.8. The topological polar surface area (TPSA) is 74.2 Å². The van der Waals surface area contributed by atoms with E-state index in [1.54, 1.807) is 25.3 Å². The number of nitrogens with zero attached hydrogens (tertiary/aromatic N) is 1. The van der Waals surface area contributed by atoms with Gasteiger partial charge in [0.1, 0.15) is 11.4 Å². The van der Waals surface area contributed by atoms with Crippen LogP contribution >= 0.6 is 11.3 Å². The number of carbonyl (C=O) groups excluding carboxylic acids is 1. The summed E-state index contributed by atoms with van der Waals surface area (Å²) in [6.45, 7) is 5.80. The van der Waals surface area contributed by atoms with E-state index in [1.807, 2.05) is 31.4 Å². The van der Waals surface area contributed by atoms with Crippen LogP contribution in [-0.2, 0) is 5.60 Å². The Kier molecular flexibility index (Phi) is 5.15. The van der Waals surface area contributed by atoms with Crippen LogP contribution in [0.25, 0.3) is 0 Å². The van der Waals surface area contributed by atoms with Gasteiger partial charge in [-0.05, 0) is 44.4 Å². The molecular formula is C16H21N3O2S. The molecule has 118 valence electrons. The number of anilines is 1. The first-order chi connectivity index (χ1) is 10.4. The van der Waals surface area contributed by atoms with Crippen LogP contribution in [0.1, 0.15) is 36.0 Å². The van der Waals surface area contributed by atoms with E-state index in [4.69, 9.17) is 0 Å². The van der Waals surface area contributed by atoms with E-state index < -0.39 is 5.60 Å². The van der Waals surface area contributed by atoms with Gasteiger partial charge in [0, 0.05) is 17.1 Å². The quantitative estimate of drug-likeness (QED) is 0.765. The lowest BCUT2D eigenvalue weighted by molar-refractivity contribution is 0.0557. The van der Waals surface area contributed by atoms with E-state index in [-0.39, 0.29) is 18.5 Å². The Labute approximate surface area is 134 Å². The molecule has 0 saturated heterocycles. The fourth-order valence-corrected chi connectivity index (χ4v) is 2.78. The van der Waals surface area contributed by atoms with Gasteiger partial charge >= 0.3 is 0 Å². The Morgan fingerprint density at radius 3 is 2.82 bits per heavy atom. The molecule has 0 aromatic carbocycles. The van der Waals surface area contributed by atoms with E-state index in [1.165, 1.54) is 11.3 Å². The Morgan fingerprint density at radius 2 is 2.18 bits per heavy atom. The smallest absolute Gasteiger partial charge is 0.255 e. The number of aliphatic hydroxyl groups is 1. The molecular weight excluding hydrogens is 298 g/mol. The van der Waals surface area contributed by atoms with Crippen molar-refractivity contribution in [2.75, 3.05) is 11.9 Å². The van der Waals surface area contributed by atoms with Gasteiger partial charge in [0.2, 0.25) is 0 Å². The summed E-state index contributed by atoms with van der Waals surface area (Å²) in [5.41, 5.74) is -0.615. The van der Waals surface area contributed by atoms with Gasteiger partial charge in [0.05, 0.1) is 12.1 Å². The molecule has 5 nitrogen and oxygen atoms in total. The largest absolute Gasteiger partial charge is 0.383 e. The Bertz CT molecular complexity index is 624. The molecule has 2 aromatic heterocycles. The molecule has 6 heteroatoms. The van der Waals surface area contributed by atoms with Crippen LogP contribution in [-0.4, -0.2) is 28.6 Å². The van der Waals surface area contributed by atoms with Crippen LogP contribution in [0.2, 0.25) is 0 Å². The summed E-state index contributed by atoms with van der Waals surface area (Å²) < 4.78 is 0. The summed E-state index contributed by atoms with van der Waals surface area (Å²) in [6.07, 6.45) is 1.64. The van der Waals surface area contributed by atoms with Crippen LogP contribution in [0.3, 0.4) is 0 Å². The van der Waals surface area contributed by atoms with Crippen molar-refractivity contribution in [2.24, 2.45) is 0 Å². The maximum Gasteiger partial charge on any atom is 0.255 e. The van der Waals surface area contributed by atoms with E-state index in [0.29, 0.717) is 11.4 Å². The molecule has 2 heterocycles. The monoisotopic (exact) mass is 319 g/mol. The van der Waals surface area contributed by atoms with Crippen LogP contribution in [0.5, 0.6) is 0 Å². The molecule has 0 saturated carbocycles. The number of hydrogen-bond donors (Lipinski definition) is 3. The van der Waals surface area contributed by atoms with Gasteiger partial charge in [-0.1, -0.05) is 6.07 Å². The second-order valence-electron chi connectivity index (χ2n) is 5.63. The highest BCUT2D eigenvalue weighted by atomic mass is 32.1. The fourth-order valence-electron chi connectivity index (χ4n) is 2.00. The number of carbonyl (C=O) groups is 1. The second-order valence-corrected chi connectivity index (χ2v) is 6.58. The van der Waals surface area contributed by atoms with Crippen molar-refractivity contribution in [1.82, 2.24) is 10.3 Å². The van der Waals surface area contributed by atoms with E-state index in [2.05, 4.69) is 15.6 Å². The molecule has 1 unspecified atom stereocenters. The first kappa shape index (κ1) is 16.5. The van der Waals surface area contributed by atoms with Gasteiger partial charge in [0.25, 0.3) is 5.91 Å². The van der Waals surface area contributed by atoms with Crippen molar-refractivity contribution in [2.45, 2.75) is 32.4 Å². The van der Waals surface area contributed by atoms with Gasteiger partial charge in [-0.2, -0.15) is 0 Å². The van der Waals surface area contributed by atoms with Gasteiger partial charge in [-0.25, -0.2) is 4.98 Å². The molecule has 0 fully saturated rings. The van der Waals surface area contributed by atoms with E-state index >= 15 is 0 Å². The summed E-state index contributed by atoms with van der Waals surface area (Å²) in [7, 11) is 0. The van der Waals surface area contributed by atoms with E-state index in [0.717, 1.165) is 4.88 Å². The third kappa shape index (κ3) is 4.05. The maximum atomic E-state index is 12.4. The summed E-state index contributed by atoms with van der Waals surface area (Å²) >= 11 is 1.46. The lowest BCUT2D eigenvalue weighted by atomic mass is 10.1. The minimum absolute atomic E-state index is 0.141. The second kappa shape index (κ2) is 6.89.